The van der Waals surface area contributed by atoms with Gasteiger partial charge in [0.2, 0.25) is 0 Å². The molecule has 1 atom stereocenters. The smallest absolute Gasteiger partial charge is 0.147 e. The van der Waals surface area contributed by atoms with Crippen molar-refractivity contribution in [3.05, 3.63) is 18.1 Å². The number of nitrogens with zero attached hydrogens (tertiary/aromatic N) is 4. The van der Waals surface area contributed by atoms with Crippen LogP contribution < -0.4 is 10.6 Å². The first-order valence-corrected chi connectivity index (χ1v) is 6.19. The summed E-state index contributed by atoms with van der Waals surface area (Å²) in [7, 11) is 2.14. The summed E-state index contributed by atoms with van der Waals surface area (Å²) in [6.07, 6.45) is 4.40. The van der Waals surface area contributed by atoms with Crippen LogP contribution in [0.15, 0.2) is 12.4 Å². The predicted octanol–water partition coefficient (Wildman–Crippen LogP) is 0.291. The van der Waals surface area contributed by atoms with Crippen molar-refractivity contribution in [3.8, 4) is 0 Å². The molecule has 18 heavy (non-hydrogen) atoms. The van der Waals surface area contributed by atoms with Crippen molar-refractivity contribution in [2.45, 2.75) is 19.4 Å². The fourth-order valence-electron chi connectivity index (χ4n) is 2.32. The highest BCUT2D eigenvalue weighted by Crippen LogP contribution is 2.16. The van der Waals surface area contributed by atoms with Gasteiger partial charge in [0, 0.05) is 19.1 Å². The first-order valence-electron chi connectivity index (χ1n) is 6.19. The Labute approximate surface area is 107 Å². The average molecular weight is 248 g/mol. The van der Waals surface area contributed by atoms with Crippen LogP contribution in [-0.4, -0.2) is 53.4 Å². The van der Waals surface area contributed by atoms with E-state index in [1.165, 1.54) is 0 Å². The predicted molar refractivity (Wildman–Crippen MR) is 72.0 cm³/mol. The maximum absolute atomic E-state index is 7.31. The normalized spacial score (nSPS) is 21.7. The lowest BCUT2D eigenvalue weighted by molar-refractivity contribution is 0.337. The zero-order valence-corrected chi connectivity index (χ0v) is 10.9. The van der Waals surface area contributed by atoms with Gasteiger partial charge in [-0.2, -0.15) is 0 Å². The van der Waals surface area contributed by atoms with Crippen LogP contribution in [0.1, 0.15) is 19.0 Å². The number of aromatic nitrogens is 2. The van der Waals surface area contributed by atoms with E-state index in [2.05, 4.69) is 33.7 Å². The molecule has 0 radical (unpaired) electrons. The van der Waals surface area contributed by atoms with Gasteiger partial charge in [-0.15, -0.1) is 0 Å². The molecule has 3 N–H and O–H groups in total. The summed E-state index contributed by atoms with van der Waals surface area (Å²) in [5.74, 6) is 0.820. The Bertz CT molecular complexity index is 415. The minimum atomic E-state index is -0.0438. The second-order valence-electron chi connectivity index (χ2n) is 4.83. The molecule has 6 heteroatoms. The molecule has 0 aromatic carbocycles. The molecule has 1 aromatic heterocycles. The number of amidine groups is 1. The molecule has 0 aliphatic carbocycles. The molecular formula is C12H20N6. The second-order valence-corrected chi connectivity index (χ2v) is 4.83. The maximum atomic E-state index is 7.31. The molecule has 0 spiro atoms. The molecule has 1 unspecified atom stereocenters. The highest BCUT2D eigenvalue weighted by molar-refractivity contribution is 5.92. The van der Waals surface area contributed by atoms with Gasteiger partial charge in [0.05, 0.1) is 12.4 Å². The lowest BCUT2D eigenvalue weighted by atomic mass is 10.2. The number of anilines is 1. The Balaban J connectivity index is 2.16. The molecule has 0 bridgehead atoms. The Hall–Kier alpha value is -1.69. The Morgan fingerprint density at radius 3 is 2.78 bits per heavy atom. The fourth-order valence-corrected chi connectivity index (χ4v) is 2.32. The van der Waals surface area contributed by atoms with Crippen molar-refractivity contribution in [1.29, 1.82) is 5.41 Å². The minimum Gasteiger partial charge on any atom is -0.382 e. The highest BCUT2D eigenvalue weighted by Gasteiger charge is 2.20. The van der Waals surface area contributed by atoms with Gasteiger partial charge in [0.1, 0.15) is 17.3 Å². The van der Waals surface area contributed by atoms with Crippen LogP contribution in [0.3, 0.4) is 0 Å². The molecule has 98 valence electrons. The third-order valence-corrected chi connectivity index (χ3v) is 3.26. The molecule has 0 saturated carbocycles. The molecular weight excluding hydrogens is 228 g/mol. The van der Waals surface area contributed by atoms with E-state index in [1.807, 2.05) is 0 Å². The molecule has 1 aromatic rings. The van der Waals surface area contributed by atoms with Gasteiger partial charge in [0.15, 0.2) is 0 Å². The van der Waals surface area contributed by atoms with Crippen molar-refractivity contribution in [3.63, 3.8) is 0 Å². The van der Waals surface area contributed by atoms with Crippen LogP contribution in [0.4, 0.5) is 5.82 Å². The van der Waals surface area contributed by atoms with E-state index in [0.29, 0.717) is 11.7 Å². The summed E-state index contributed by atoms with van der Waals surface area (Å²) in [4.78, 5) is 13.1. The van der Waals surface area contributed by atoms with Crippen molar-refractivity contribution < 1.29 is 0 Å². The van der Waals surface area contributed by atoms with Gasteiger partial charge in [-0.25, -0.2) is 9.97 Å². The maximum Gasteiger partial charge on any atom is 0.147 e. The van der Waals surface area contributed by atoms with E-state index in [-0.39, 0.29) is 5.84 Å². The van der Waals surface area contributed by atoms with Crippen molar-refractivity contribution in [1.82, 2.24) is 14.9 Å². The molecule has 1 fully saturated rings. The molecule has 1 aliphatic heterocycles. The van der Waals surface area contributed by atoms with Gasteiger partial charge in [-0.3, -0.25) is 5.41 Å². The van der Waals surface area contributed by atoms with E-state index in [0.717, 1.165) is 31.9 Å². The van der Waals surface area contributed by atoms with E-state index >= 15 is 0 Å². The summed E-state index contributed by atoms with van der Waals surface area (Å²) < 4.78 is 0. The van der Waals surface area contributed by atoms with E-state index in [4.69, 9.17) is 11.1 Å². The Morgan fingerprint density at radius 2 is 2.17 bits per heavy atom. The van der Waals surface area contributed by atoms with Gasteiger partial charge in [-0.1, -0.05) is 0 Å². The van der Waals surface area contributed by atoms with Gasteiger partial charge in [0.25, 0.3) is 0 Å². The van der Waals surface area contributed by atoms with Crippen LogP contribution in [0.25, 0.3) is 0 Å². The summed E-state index contributed by atoms with van der Waals surface area (Å²) in [5.41, 5.74) is 5.80. The Kier molecular flexibility index (Phi) is 3.76. The van der Waals surface area contributed by atoms with Crippen molar-refractivity contribution >= 4 is 11.7 Å². The zero-order valence-electron chi connectivity index (χ0n) is 10.9. The van der Waals surface area contributed by atoms with Crippen LogP contribution in [-0.2, 0) is 0 Å². The monoisotopic (exact) mass is 248 g/mol. The Morgan fingerprint density at radius 1 is 1.39 bits per heavy atom. The molecule has 1 aliphatic rings. The number of nitrogen functional groups attached to an aromatic ring is 1. The topological polar surface area (TPSA) is 82.1 Å². The number of hydrogen-bond donors (Lipinski definition) is 2. The number of likely N-dealkylation sites (N-methyl/N-ethyl adjacent to an activating group) is 1. The lowest BCUT2D eigenvalue weighted by Gasteiger charge is -2.28. The van der Waals surface area contributed by atoms with Gasteiger partial charge >= 0.3 is 0 Å². The summed E-state index contributed by atoms with van der Waals surface area (Å²) >= 11 is 0. The van der Waals surface area contributed by atoms with Gasteiger partial charge < -0.3 is 15.5 Å². The quantitative estimate of drug-likeness (QED) is 0.581. The van der Waals surface area contributed by atoms with Crippen LogP contribution in [0.2, 0.25) is 0 Å². The van der Waals surface area contributed by atoms with Crippen LogP contribution >= 0.6 is 0 Å². The number of rotatable bonds is 2. The number of hydrogen-bond acceptors (Lipinski definition) is 5. The zero-order chi connectivity index (χ0) is 13.1. The number of nitrogens with two attached hydrogens (primary N) is 1. The fraction of sp³-hybridized carbons (Fsp3) is 0.583. The summed E-state index contributed by atoms with van der Waals surface area (Å²) in [6, 6.07) is 0.412. The SMILES string of the molecule is CC1CN(C)CCCN1c1cnc(C(=N)N)cn1. The van der Waals surface area contributed by atoms with E-state index in [9.17, 15) is 0 Å². The van der Waals surface area contributed by atoms with Gasteiger partial charge in [-0.05, 0) is 26.9 Å². The van der Waals surface area contributed by atoms with Crippen LogP contribution in [0, 0.1) is 5.41 Å². The molecule has 1 saturated heterocycles. The highest BCUT2D eigenvalue weighted by atomic mass is 15.3. The summed E-state index contributed by atoms with van der Waals surface area (Å²) in [6.45, 7) is 5.32. The third-order valence-electron chi connectivity index (χ3n) is 3.26. The van der Waals surface area contributed by atoms with Crippen LogP contribution in [0.5, 0.6) is 0 Å². The molecule has 0 amide bonds. The first-order chi connectivity index (χ1) is 8.58. The largest absolute Gasteiger partial charge is 0.382 e. The van der Waals surface area contributed by atoms with E-state index in [1.54, 1.807) is 12.4 Å². The standard InChI is InChI=1S/C12H20N6/c1-9-8-17(2)4-3-5-18(9)11-7-15-10(6-16-11)12(13)14/h6-7,9H,3-5,8H2,1-2H3,(H3,13,14). The van der Waals surface area contributed by atoms with Crippen molar-refractivity contribution in [2.75, 3.05) is 31.6 Å². The summed E-state index contributed by atoms with van der Waals surface area (Å²) in [5, 5.41) is 7.31. The third kappa shape index (κ3) is 2.76. The molecule has 2 heterocycles. The first kappa shape index (κ1) is 12.8. The van der Waals surface area contributed by atoms with Crippen molar-refractivity contribution in [2.24, 2.45) is 5.73 Å². The average Bonchev–Trinajstić information content (AvgIpc) is 2.50. The minimum absolute atomic E-state index is 0.0438. The number of nitrogens with one attached hydrogen (secondary N) is 1. The molecule has 2 rings (SSSR count). The second kappa shape index (κ2) is 5.30. The van der Waals surface area contributed by atoms with E-state index < -0.39 is 0 Å². The lowest BCUT2D eigenvalue weighted by Crippen LogP contribution is -2.38. The molecule has 6 nitrogen and oxygen atoms in total.